The van der Waals surface area contributed by atoms with E-state index in [1.54, 1.807) is 35.9 Å². The molecule has 0 spiro atoms. The number of benzene rings is 2. The molecule has 0 atom stereocenters. The van der Waals surface area contributed by atoms with E-state index in [1.165, 1.54) is 11.8 Å². The average Bonchev–Trinajstić information content (AvgIpc) is 3.35. The molecule has 1 fully saturated rings. The number of likely N-dealkylation sites (N-methyl/N-ethyl adjacent to an activating group) is 1. The Labute approximate surface area is 202 Å². The van der Waals surface area contributed by atoms with Gasteiger partial charge in [-0.1, -0.05) is 11.8 Å². The first-order valence-corrected chi connectivity index (χ1v) is 12.4. The van der Waals surface area contributed by atoms with E-state index in [2.05, 4.69) is 23.2 Å². The number of hydrogen-bond acceptors (Lipinski definition) is 8. The number of rotatable bonds is 6. The molecule has 7 nitrogen and oxygen atoms in total. The number of nitrogens with one attached hydrogen (secondary N) is 1. The second-order valence-corrected chi connectivity index (χ2v) is 9.24. The number of thioether (sulfide) groups is 2. The van der Waals surface area contributed by atoms with Crippen molar-refractivity contribution in [2.75, 3.05) is 37.0 Å². The molecular formula is C24H25N5O2S2. The van der Waals surface area contributed by atoms with E-state index >= 15 is 0 Å². The highest BCUT2D eigenvalue weighted by Crippen LogP contribution is 2.51. The minimum atomic E-state index is -0.0524. The Kier molecular flexibility index (Phi) is 6.86. The molecule has 1 saturated heterocycles. The van der Waals surface area contributed by atoms with Crippen LogP contribution in [0.5, 0.6) is 5.75 Å². The predicted molar refractivity (Wildman–Crippen MR) is 136 cm³/mol. The third kappa shape index (κ3) is 4.28. The van der Waals surface area contributed by atoms with Gasteiger partial charge in [0.15, 0.2) is 5.17 Å². The lowest BCUT2D eigenvalue weighted by Crippen LogP contribution is -2.29. The first-order valence-electron chi connectivity index (χ1n) is 10.8. The van der Waals surface area contributed by atoms with Crippen molar-refractivity contribution < 1.29 is 9.53 Å². The Hall–Kier alpha value is -3.09. The van der Waals surface area contributed by atoms with Gasteiger partial charge in [0.2, 0.25) is 0 Å². The second-order valence-electron chi connectivity index (χ2n) is 7.23. The number of nitrogens with zero attached hydrogens (tertiary/aromatic N) is 4. The van der Waals surface area contributed by atoms with E-state index in [-0.39, 0.29) is 5.91 Å². The number of ether oxygens (including phenoxy) is 1. The van der Waals surface area contributed by atoms with Crippen molar-refractivity contribution in [1.29, 1.82) is 5.26 Å². The van der Waals surface area contributed by atoms with E-state index in [9.17, 15) is 10.1 Å². The molecule has 0 radical (unpaired) electrons. The van der Waals surface area contributed by atoms with Crippen LogP contribution in [0.25, 0.3) is 0 Å². The fraction of sp³-hybridized carbons (Fsp3) is 0.292. The molecule has 170 valence electrons. The highest BCUT2D eigenvalue weighted by Gasteiger charge is 2.39. The van der Waals surface area contributed by atoms with Gasteiger partial charge in [0.05, 0.1) is 35.8 Å². The third-order valence-corrected chi connectivity index (χ3v) is 7.69. The van der Waals surface area contributed by atoms with E-state index < -0.39 is 0 Å². The first kappa shape index (κ1) is 23.1. The largest absolute Gasteiger partial charge is 0.497 e. The fourth-order valence-corrected chi connectivity index (χ4v) is 6.14. The number of anilines is 2. The van der Waals surface area contributed by atoms with Crippen molar-refractivity contribution >= 4 is 51.7 Å². The van der Waals surface area contributed by atoms with Gasteiger partial charge in [-0.25, -0.2) is 4.99 Å². The zero-order valence-electron chi connectivity index (χ0n) is 19.0. The van der Waals surface area contributed by atoms with Gasteiger partial charge in [0.25, 0.3) is 5.91 Å². The van der Waals surface area contributed by atoms with Gasteiger partial charge in [-0.15, -0.1) is 0 Å². The van der Waals surface area contributed by atoms with Crippen molar-refractivity contribution in [2.45, 2.75) is 25.7 Å². The van der Waals surface area contributed by atoms with Crippen LogP contribution in [0.2, 0.25) is 0 Å². The highest BCUT2D eigenvalue weighted by atomic mass is 32.2. The summed E-state index contributed by atoms with van der Waals surface area (Å²) in [5, 5.41) is 14.2. The smallest absolute Gasteiger partial charge is 0.269 e. The van der Waals surface area contributed by atoms with Crippen LogP contribution in [0.1, 0.15) is 26.3 Å². The summed E-state index contributed by atoms with van der Waals surface area (Å²) in [4.78, 5) is 23.9. The zero-order chi connectivity index (χ0) is 23.5. The summed E-state index contributed by atoms with van der Waals surface area (Å²) >= 11 is 2.98. The van der Waals surface area contributed by atoms with Crippen LogP contribution in [-0.4, -0.2) is 42.7 Å². The Bertz CT molecular complexity index is 1200. The maximum absolute atomic E-state index is 13.4. The molecule has 2 aromatic rings. The Morgan fingerprint density at radius 2 is 1.88 bits per heavy atom. The van der Waals surface area contributed by atoms with Crippen LogP contribution in [0.4, 0.5) is 17.1 Å². The molecule has 0 aliphatic carbocycles. The quantitative estimate of drug-likeness (QED) is 0.557. The number of aliphatic imine (C=N–C) groups is 1. The minimum absolute atomic E-state index is 0.0524. The molecule has 0 bridgehead atoms. The summed E-state index contributed by atoms with van der Waals surface area (Å²) in [6.07, 6.45) is 0. The van der Waals surface area contributed by atoms with Gasteiger partial charge in [0, 0.05) is 30.6 Å². The van der Waals surface area contributed by atoms with Crippen LogP contribution in [0.15, 0.2) is 56.2 Å². The fourth-order valence-electron chi connectivity index (χ4n) is 3.71. The Balaban J connectivity index is 1.77. The van der Waals surface area contributed by atoms with Crippen molar-refractivity contribution in [3.8, 4) is 11.8 Å². The number of amidine groups is 1. The van der Waals surface area contributed by atoms with Gasteiger partial charge >= 0.3 is 0 Å². The standard InChI is InChI=1S/C24H25N5O2S2/c1-5-26-17-10-8-15(14-25)12-18(17)27-24-29(7-3)22(30)21(33-24)23-28(6-2)19-13-16(31-4)9-11-20(19)32-23/h8-13,26H,5-7H2,1-4H3/b23-21-,27-24?. The van der Waals surface area contributed by atoms with Gasteiger partial charge in [-0.2, -0.15) is 5.26 Å². The summed E-state index contributed by atoms with van der Waals surface area (Å²) in [7, 11) is 1.65. The number of carbonyl (C=O) groups is 1. The maximum Gasteiger partial charge on any atom is 0.269 e. The van der Waals surface area contributed by atoms with Crippen molar-refractivity contribution in [1.82, 2.24) is 4.90 Å². The van der Waals surface area contributed by atoms with Crippen molar-refractivity contribution in [3.05, 3.63) is 51.9 Å². The lowest BCUT2D eigenvalue weighted by molar-refractivity contribution is -0.122. The van der Waals surface area contributed by atoms with E-state index in [0.717, 1.165) is 40.1 Å². The molecule has 9 heteroatoms. The molecule has 33 heavy (non-hydrogen) atoms. The van der Waals surface area contributed by atoms with Gasteiger partial charge in [0.1, 0.15) is 15.7 Å². The summed E-state index contributed by atoms with van der Waals surface area (Å²) in [5.74, 6) is 0.735. The second kappa shape index (κ2) is 9.81. The predicted octanol–water partition coefficient (Wildman–Crippen LogP) is 5.38. The van der Waals surface area contributed by atoms with Crippen LogP contribution in [0.3, 0.4) is 0 Å². The maximum atomic E-state index is 13.4. The molecule has 0 unspecified atom stereocenters. The molecular weight excluding hydrogens is 454 g/mol. The lowest BCUT2D eigenvalue weighted by Gasteiger charge is -2.19. The van der Waals surface area contributed by atoms with Crippen LogP contribution in [-0.2, 0) is 4.79 Å². The molecule has 1 N–H and O–H groups in total. The molecule has 0 aromatic heterocycles. The van der Waals surface area contributed by atoms with E-state index in [1.807, 2.05) is 38.1 Å². The Morgan fingerprint density at radius 3 is 2.55 bits per heavy atom. The normalized spacial score (nSPS) is 18.6. The topological polar surface area (TPSA) is 81.0 Å². The van der Waals surface area contributed by atoms with Crippen molar-refractivity contribution in [2.24, 2.45) is 4.99 Å². The van der Waals surface area contributed by atoms with Crippen LogP contribution >= 0.6 is 23.5 Å². The zero-order valence-corrected chi connectivity index (χ0v) is 20.6. The SMILES string of the molecule is CCNc1ccc(C#N)cc1N=C1S/C(=C2\Sc3ccc(OC)cc3N2CC)C(=O)N1CC. The summed E-state index contributed by atoms with van der Waals surface area (Å²) in [6.45, 7) is 7.99. The number of nitriles is 1. The molecule has 2 aromatic carbocycles. The van der Waals surface area contributed by atoms with Crippen molar-refractivity contribution in [3.63, 3.8) is 0 Å². The number of fused-ring (bicyclic) bond motifs is 1. The molecule has 0 saturated carbocycles. The number of amides is 1. The molecule has 4 rings (SSSR count). The van der Waals surface area contributed by atoms with E-state index in [4.69, 9.17) is 9.73 Å². The minimum Gasteiger partial charge on any atom is -0.497 e. The van der Waals surface area contributed by atoms with Gasteiger partial charge in [-0.3, -0.25) is 9.69 Å². The summed E-state index contributed by atoms with van der Waals surface area (Å²) in [5.41, 5.74) is 3.05. The number of carbonyl (C=O) groups excluding carboxylic acids is 1. The van der Waals surface area contributed by atoms with Gasteiger partial charge < -0.3 is 15.0 Å². The van der Waals surface area contributed by atoms with E-state index in [0.29, 0.717) is 27.9 Å². The first-order chi connectivity index (χ1) is 16.0. The molecule has 1 amide bonds. The average molecular weight is 480 g/mol. The van der Waals surface area contributed by atoms with Gasteiger partial charge in [-0.05, 0) is 62.9 Å². The third-order valence-electron chi connectivity index (χ3n) is 5.31. The number of hydrogen-bond donors (Lipinski definition) is 1. The Morgan fingerprint density at radius 1 is 1.09 bits per heavy atom. The lowest BCUT2D eigenvalue weighted by atomic mass is 10.2. The van der Waals surface area contributed by atoms with Crippen LogP contribution in [0, 0.1) is 11.3 Å². The molecule has 2 aliphatic heterocycles. The molecule has 2 aliphatic rings. The summed E-state index contributed by atoms with van der Waals surface area (Å²) < 4.78 is 5.40. The molecule has 2 heterocycles. The van der Waals surface area contributed by atoms with Crippen LogP contribution < -0.4 is 15.0 Å². The highest BCUT2D eigenvalue weighted by molar-refractivity contribution is 8.19. The summed E-state index contributed by atoms with van der Waals surface area (Å²) in [6, 6.07) is 13.5. The monoisotopic (exact) mass is 479 g/mol. The number of methoxy groups -OCH3 is 1.